The van der Waals surface area contributed by atoms with Crippen LogP contribution in [0.25, 0.3) is 0 Å². The third-order valence-electron chi connectivity index (χ3n) is 3.65. The van der Waals surface area contributed by atoms with Crippen LogP contribution in [0.1, 0.15) is 10.8 Å². The molecule has 1 aliphatic rings. The topological polar surface area (TPSA) is 89.3 Å². The molecule has 1 aliphatic heterocycles. The van der Waals surface area contributed by atoms with E-state index in [2.05, 4.69) is 5.32 Å². The summed E-state index contributed by atoms with van der Waals surface area (Å²) in [5.74, 6) is -0.725. The average Bonchev–Trinajstić information content (AvgIpc) is 2.87. The van der Waals surface area contributed by atoms with Crippen LogP contribution in [-0.2, 0) is 14.6 Å². The molecule has 114 valence electrons. The summed E-state index contributed by atoms with van der Waals surface area (Å²) in [6.07, 6.45) is 0. The lowest BCUT2D eigenvalue weighted by Gasteiger charge is -2.18. The quantitative estimate of drug-likeness (QED) is 0.898. The van der Waals surface area contributed by atoms with E-state index in [1.807, 2.05) is 0 Å². The lowest BCUT2D eigenvalue weighted by atomic mass is 10.1. The lowest BCUT2D eigenvalue weighted by molar-refractivity contribution is -0.118. The van der Waals surface area contributed by atoms with Crippen molar-refractivity contribution in [2.24, 2.45) is 5.73 Å². The predicted octanol–water partition coefficient (Wildman–Crippen LogP) is 2.13. The first-order valence-electron chi connectivity index (χ1n) is 6.55. The van der Waals surface area contributed by atoms with Crippen molar-refractivity contribution in [3.8, 4) is 0 Å². The van der Waals surface area contributed by atoms with Crippen molar-refractivity contribution in [3.63, 3.8) is 0 Å². The summed E-state index contributed by atoms with van der Waals surface area (Å²) in [6.45, 7) is 0. The minimum atomic E-state index is -3.79. The number of benzene rings is 2. The number of carbonyl (C=O) groups excluding carboxylic acids is 1. The predicted molar refractivity (Wildman–Crippen MR) is 84.4 cm³/mol. The molecule has 3 N–H and O–H groups in total. The normalized spacial score (nSPS) is 20.2. The number of fused-ring (bicyclic) bond motifs is 1. The highest BCUT2D eigenvalue weighted by Crippen LogP contribution is 2.43. The minimum absolute atomic E-state index is 0.140. The summed E-state index contributed by atoms with van der Waals surface area (Å²) >= 11 is 5.97. The number of nitrogens with two attached hydrogens (primary N) is 1. The molecular weight excluding hydrogens is 324 g/mol. The second-order valence-electron chi connectivity index (χ2n) is 5.03. The van der Waals surface area contributed by atoms with Crippen LogP contribution in [0.2, 0.25) is 5.02 Å². The van der Waals surface area contributed by atoms with Gasteiger partial charge in [0.1, 0.15) is 11.3 Å². The van der Waals surface area contributed by atoms with Gasteiger partial charge in [0.15, 0.2) is 9.84 Å². The molecule has 0 aliphatic carbocycles. The Labute approximate surface area is 133 Å². The van der Waals surface area contributed by atoms with Gasteiger partial charge < -0.3 is 11.1 Å². The van der Waals surface area contributed by atoms with Gasteiger partial charge in [-0.3, -0.25) is 4.79 Å². The van der Waals surface area contributed by atoms with Gasteiger partial charge in [-0.2, -0.15) is 0 Å². The summed E-state index contributed by atoms with van der Waals surface area (Å²) in [5, 5.41) is 2.18. The highest BCUT2D eigenvalue weighted by molar-refractivity contribution is 7.91. The van der Waals surface area contributed by atoms with Crippen LogP contribution in [0.5, 0.6) is 0 Å². The maximum atomic E-state index is 12.9. The summed E-state index contributed by atoms with van der Waals surface area (Å²) in [7, 11) is -3.79. The van der Waals surface area contributed by atoms with Crippen molar-refractivity contribution in [1.29, 1.82) is 0 Å². The fourth-order valence-electron chi connectivity index (χ4n) is 2.65. The second-order valence-corrected chi connectivity index (χ2v) is 7.54. The highest BCUT2D eigenvalue weighted by atomic mass is 35.5. The van der Waals surface area contributed by atoms with Crippen molar-refractivity contribution in [2.45, 2.75) is 16.2 Å². The molecule has 3 rings (SSSR count). The first kappa shape index (κ1) is 14.9. The van der Waals surface area contributed by atoms with E-state index in [-0.39, 0.29) is 4.90 Å². The second kappa shape index (κ2) is 5.30. The summed E-state index contributed by atoms with van der Waals surface area (Å²) in [5.41, 5.74) is 6.39. The van der Waals surface area contributed by atoms with Gasteiger partial charge in [0.2, 0.25) is 5.91 Å². The third kappa shape index (κ3) is 2.34. The standard InChI is InChI=1S/C15H13ClN2O3S/c16-9-6-7-12-11(8-9)14(13(18-12)15(17)19)22(20,21)10-4-2-1-3-5-10/h1-8,13-14,18H,(H2,17,19)/t13-,14+/m1/s1. The Hall–Kier alpha value is -2.05. The fraction of sp³-hybridized carbons (Fsp3) is 0.133. The smallest absolute Gasteiger partial charge is 0.241 e. The fourth-order valence-corrected chi connectivity index (χ4v) is 4.75. The Kier molecular flexibility index (Phi) is 3.58. The number of halogens is 1. The zero-order chi connectivity index (χ0) is 15.9. The zero-order valence-electron chi connectivity index (χ0n) is 11.4. The zero-order valence-corrected chi connectivity index (χ0v) is 12.9. The van der Waals surface area contributed by atoms with Crippen LogP contribution in [-0.4, -0.2) is 20.4 Å². The summed E-state index contributed by atoms with van der Waals surface area (Å²) in [4.78, 5) is 11.8. The maximum absolute atomic E-state index is 12.9. The molecule has 0 aromatic heterocycles. The van der Waals surface area contributed by atoms with Crippen molar-refractivity contribution in [1.82, 2.24) is 0 Å². The summed E-state index contributed by atoms with van der Waals surface area (Å²) in [6, 6.07) is 11.8. The average molecular weight is 337 g/mol. The maximum Gasteiger partial charge on any atom is 0.241 e. The Bertz CT molecular complexity index is 837. The molecule has 22 heavy (non-hydrogen) atoms. The van der Waals surface area contributed by atoms with Gasteiger partial charge in [0, 0.05) is 10.7 Å². The van der Waals surface area contributed by atoms with Gasteiger partial charge in [-0.25, -0.2) is 8.42 Å². The van der Waals surface area contributed by atoms with Gasteiger partial charge in [-0.15, -0.1) is 0 Å². The number of anilines is 1. The lowest BCUT2D eigenvalue weighted by Crippen LogP contribution is -2.39. The molecule has 1 amide bonds. The van der Waals surface area contributed by atoms with Gasteiger partial charge in [0.25, 0.3) is 0 Å². The number of nitrogens with one attached hydrogen (secondary N) is 1. The molecule has 7 heteroatoms. The number of sulfone groups is 1. The van der Waals surface area contributed by atoms with Crippen LogP contribution in [0, 0.1) is 0 Å². The molecule has 2 atom stereocenters. The largest absolute Gasteiger partial charge is 0.372 e. The van der Waals surface area contributed by atoms with Crippen molar-refractivity contribution >= 4 is 33.0 Å². The van der Waals surface area contributed by atoms with Crippen LogP contribution in [0.15, 0.2) is 53.4 Å². The number of amides is 1. The van der Waals surface area contributed by atoms with E-state index in [1.54, 1.807) is 36.4 Å². The van der Waals surface area contributed by atoms with Crippen LogP contribution >= 0.6 is 11.6 Å². The van der Waals surface area contributed by atoms with Crippen molar-refractivity contribution in [2.75, 3.05) is 5.32 Å². The number of primary amides is 1. The van der Waals surface area contributed by atoms with Gasteiger partial charge in [-0.1, -0.05) is 29.8 Å². The van der Waals surface area contributed by atoms with E-state index < -0.39 is 27.0 Å². The van der Waals surface area contributed by atoms with Crippen LogP contribution in [0.4, 0.5) is 5.69 Å². The van der Waals surface area contributed by atoms with E-state index >= 15 is 0 Å². The molecule has 1 heterocycles. The Morgan fingerprint density at radius 1 is 1.14 bits per heavy atom. The molecule has 0 fully saturated rings. The molecule has 0 radical (unpaired) electrons. The molecule has 2 aromatic carbocycles. The van der Waals surface area contributed by atoms with Gasteiger partial charge in [-0.05, 0) is 35.9 Å². The van der Waals surface area contributed by atoms with Gasteiger partial charge >= 0.3 is 0 Å². The first-order chi connectivity index (χ1) is 10.4. The third-order valence-corrected chi connectivity index (χ3v) is 6.01. The molecule has 0 spiro atoms. The molecule has 2 aromatic rings. The first-order valence-corrected chi connectivity index (χ1v) is 8.48. The summed E-state index contributed by atoms with van der Waals surface area (Å²) < 4.78 is 25.9. The number of rotatable bonds is 3. The van der Waals surface area contributed by atoms with E-state index in [0.717, 1.165) is 0 Å². The van der Waals surface area contributed by atoms with E-state index in [9.17, 15) is 13.2 Å². The minimum Gasteiger partial charge on any atom is -0.372 e. The van der Waals surface area contributed by atoms with Crippen LogP contribution in [0.3, 0.4) is 0 Å². The Balaban J connectivity index is 2.19. The van der Waals surface area contributed by atoms with E-state index in [4.69, 9.17) is 17.3 Å². The number of hydrogen-bond acceptors (Lipinski definition) is 4. The molecule has 0 bridgehead atoms. The highest BCUT2D eigenvalue weighted by Gasteiger charge is 2.45. The molecule has 0 saturated carbocycles. The van der Waals surface area contributed by atoms with Crippen molar-refractivity contribution < 1.29 is 13.2 Å². The SMILES string of the molecule is NC(=O)[C@@H]1Nc2ccc(Cl)cc2[C@@H]1S(=O)(=O)c1ccccc1. The molecule has 0 unspecified atom stereocenters. The van der Waals surface area contributed by atoms with Gasteiger partial charge in [0.05, 0.1) is 4.90 Å². The monoisotopic (exact) mass is 336 g/mol. The van der Waals surface area contributed by atoms with Crippen LogP contribution < -0.4 is 11.1 Å². The Morgan fingerprint density at radius 3 is 2.45 bits per heavy atom. The molecule has 0 saturated heterocycles. The molecular formula is C15H13ClN2O3S. The van der Waals surface area contributed by atoms with E-state index in [1.165, 1.54) is 12.1 Å². The van der Waals surface area contributed by atoms with Crippen molar-refractivity contribution in [3.05, 3.63) is 59.1 Å². The number of carbonyl (C=O) groups is 1. The Morgan fingerprint density at radius 2 is 1.82 bits per heavy atom. The number of hydrogen-bond donors (Lipinski definition) is 2. The van der Waals surface area contributed by atoms with E-state index in [0.29, 0.717) is 16.3 Å². The molecule has 5 nitrogen and oxygen atoms in total.